The van der Waals surface area contributed by atoms with Gasteiger partial charge in [-0.05, 0) is 12.1 Å². The molecule has 0 unspecified atom stereocenters. The molecule has 0 fully saturated rings. The molecule has 0 radical (unpaired) electrons. The molecule has 90 valence electrons. The molecule has 6 heteroatoms. The molecule has 0 aliphatic carbocycles. The van der Waals surface area contributed by atoms with E-state index in [1.807, 2.05) is 24.3 Å². The van der Waals surface area contributed by atoms with E-state index in [4.69, 9.17) is 14.9 Å². The second kappa shape index (κ2) is 5.31. The molecule has 1 aromatic heterocycles. The number of nitrogens with zero attached hydrogens (tertiary/aromatic N) is 1. The van der Waals surface area contributed by atoms with Crippen molar-refractivity contribution in [3.63, 3.8) is 0 Å². The highest BCUT2D eigenvalue weighted by molar-refractivity contribution is 5.75. The summed E-state index contributed by atoms with van der Waals surface area (Å²) in [6.07, 6.45) is 0. The summed E-state index contributed by atoms with van der Waals surface area (Å²) in [6.45, 7) is 0.789. The molecule has 1 aromatic carbocycles. The van der Waals surface area contributed by atoms with Crippen molar-refractivity contribution in [3.8, 4) is 0 Å². The highest BCUT2D eigenvalue weighted by Crippen LogP contribution is 2.17. The van der Waals surface area contributed by atoms with Crippen LogP contribution >= 0.6 is 0 Å². The van der Waals surface area contributed by atoms with Crippen LogP contribution in [0.5, 0.6) is 0 Å². The van der Waals surface area contributed by atoms with Crippen LogP contribution in [0.15, 0.2) is 28.7 Å². The van der Waals surface area contributed by atoms with Crippen LogP contribution in [0.25, 0.3) is 11.1 Å². The van der Waals surface area contributed by atoms with Gasteiger partial charge in [-0.3, -0.25) is 4.79 Å². The van der Waals surface area contributed by atoms with Crippen LogP contribution in [0.4, 0.5) is 6.01 Å². The van der Waals surface area contributed by atoms with E-state index in [2.05, 4.69) is 10.3 Å². The number of oxazole rings is 1. The van der Waals surface area contributed by atoms with Crippen molar-refractivity contribution in [1.29, 1.82) is 0 Å². The maximum atomic E-state index is 10.4. The highest BCUT2D eigenvalue weighted by Gasteiger charge is 2.03. The normalized spacial score (nSPS) is 10.6. The van der Waals surface area contributed by atoms with Crippen molar-refractivity contribution in [2.45, 2.75) is 0 Å². The number of nitrogens with one attached hydrogen (secondary N) is 1. The van der Waals surface area contributed by atoms with Gasteiger partial charge in [-0.25, -0.2) is 0 Å². The first-order chi connectivity index (χ1) is 8.25. The summed E-state index contributed by atoms with van der Waals surface area (Å²) in [6, 6.07) is 7.93. The summed E-state index contributed by atoms with van der Waals surface area (Å²) in [5, 5.41) is 2.95. The van der Waals surface area contributed by atoms with Gasteiger partial charge in [-0.1, -0.05) is 12.1 Å². The lowest BCUT2D eigenvalue weighted by Crippen LogP contribution is -2.20. The molecule has 0 atom stereocenters. The largest absolute Gasteiger partial charge is 0.424 e. The van der Waals surface area contributed by atoms with Crippen molar-refractivity contribution in [3.05, 3.63) is 24.3 Å². The van der Waals surface area contributed by atoms with Gasteiger partial charge >= 0.3 is 0 Å². The van der Waals surface area contributed by atoms with Gasteiger partial charge in [0.1, 0.15) is 12.1 Å². The first kappa shape index (κ1) is 11.4. The van der Waals surface area contributed by atoms with Gasteiger partial charge in [0.2, 0.25) is 5.91 Å². The Morgan fingerprint density at radius 1 is 1.47 bits per heavy atom. The van der Waals surface area contributed by atoms with Gasteiger partial charge in [-0.15, -0.1) is 0 Å². The number of anilines is 1. The first-order valence-electron chi connectivity index (χ1n) is 5.21. The van der Waals surface area contributed by atoms with Crippen LogP contribution in [-0.2, 0) is 9.53 Å². The van der Waals surface area contributed by atoms with Crippen LogP contribution in [0.2, 0.25) is 0 Å². The number of hydrogen-bond donors (Lipinski definition) is 2. The number of benzene rings is 1. The molecule has 1 amide bonds. The number of ether oxygens (including phenoxy) is 1. The van der Waals surface area contributed by atoms with E-state index >= 15 is 0 Å². The second-order valence-electron chi connectivity index (χ2n) is 3.43. The fraction of sp³-hybridized carbons (Fsp3) is 0.273. The minimum atomic E-state index is -0.480. The third kappa shape index (κ3) is 3.18. The molecule has 0 saturated heterocycles. The Labute approximate surface area is 97.8 Å². The Morgan fingerprint density at radius 2 is 2.29 bits per heavy atom. The van der Waals surface area contributed by atoms with Crippen LogP contribution in [0, 0.1) is 0 Å². The van der Waals surface area contributed by atoms with Crippen LogP contribution in [0.3, 0.4) is 0 Å². The van der Waals surface area contributed by atoms with Crippen molar-refractivity contribution < 1.29 is 13.9 Å². The molecule has 0 aliphatic heterocycles. The predicted molar refractivity (Wildman–Crippen MR) is 62.5 cm³/mol. The van der Waals surface area contributed by atoms with E-state index in [1.54, 1.807) is 0 Å². The maximum absolute atomic E-state index is 10.4. The van der Waals surface area contributed by atoms with Crippen molar-refractivity contribution >= 4 is 23.0 Å². The third-order valence-electron chi connectivity index (χ3n) is 2.06. The molecule has 2 aromatic rings. The van der Waals surface area contributed by atoms with Crippen LogP contribution in [-0.4, -0.2) is 30.6 Å². The molecule has 0 bridgehead atoms. The van der Waals surface area contributed by atoms with Crippen molar-refractivity contribution in [2.24, 2.45) is 5.73 Å². The van der Waals surface area contributed by atoms with E-state index in [-0.39, 0.29) is 6.61 Å². The number of nitrogens with two attached hydrogens (primary N) is 1. The van der Waals surface area contributed by atoms with E-state index in [0.717, 1.165) is 11.1 Å². The zero-order valence-corrected chi connectivity index (χ0v) is 9.18. The standard InChI is InChI=1S/C11H13N3O3/c12-10(15)7-16-6-5-13-11-14-8-3-1-2-4-9(8)17-11/h1-4H,5-7H2,(H2,12,15)(H,13,14). The van der Waals surface area contributed by atoms with E-state index in [1.165, 1.54) is 0 Å². The quantitative estimate of drug-likeness (QED) is 0.721. The lowest BCUT2D eigenvalue weighted by molar-refractivity contribution is -0.122. The zero-order valence-electron chi connectivity index (χ0n) is 9.18. The topological polar surface area (TPSA) is 90.4 Å². The maximum Gasteiger partial charge on any atom is 0.295 e. The Morgan fingerprint density at radius 3 is 3.06 bits per heavy atom. The van der Waals surface area contributed by atoms with Crippen LogP contribution < -0.4 is 11.1 Å². The highest BCUT2D eigenvalue weighted by atomic mass is 16.5. The van der Waals surface area contributed by atoms with Gasteiger partial charge < -0.3 is 20.2 Å². The van der Waals surface area contributed by atoms with Crippen molar-refractivity contribution in [2.75, 3.05) is 25.1 Å². The second-order valence-corrected chi connectivity index (χ2v) is 3.43. The SMILES string of the molecule is NC(=O)COCCNc1nc2ccccc2o1. The molecule has 0 saturated carbocycles. The monoisotopic (exact) mass is 235 g/mol. The van der Waals surface area contributed by atoms with E-state index < -0.39 is 5.91 Å². The van der Waals surface area contributed by atoms with Gasteiger partial charge in [0, 0.05) is 6.54 Å². The third-order valence-corrected chi connectivity index (χ3v) is 2.06. The fourth-order valence-electron chi connectivity index (χ4n) is 1.35. The number of primary amides is 1. The number of rotatable bonds is 6. The average molecular weight is 235 g/mol. The Bertz CT molecular complexity index is 476. The van der Waals surface area contributed by atoms with E-state index in [9.17, 15) is 4.79 Å². The molecule has 2 rings (SSSR count). The van der Waals surface area contributed by atoms with Crippen LogP contribution in [0.1, 0.15) is 0 Å². The summed E-state index contributed by atoms with van der Waals surface area (Å²) >= 11 is 0. The zero-order chi connectivity index (χ0) is 12.1. The Kier molecular flexibility index (Phi) is 3.56. The number of para-hydroxylation sites is 2. The molecular weight excluding hydrogens is 222 g/mol. The van der Waals surface area contributed by atoms with E-state index in [0.29, 0.717) is 19.2 Å². The number of amides is 1. The van der Waals surface area contributed by atoms with Gasteiger partial charge in [0.15, 0.2) is 5.58 Å². The lowest BCUT2D eigenvalue weighted by Gasteiger charge is -2.01. The summed E-state index contributed by atoms with van der Waals surface area (Å²) < 4.78 is 10.4. The number of hydrogen-bond acceptors (Lipinski definition) is 5. The summed E-state index contributed by atoms with van der Waals surface area (Å²) in [7, 11) is 0. The molecule has 1 heterocycles. The molecule has 3 N–H and O–H groups in total. The van der Waals surface area contributed by atoms with Crippen molar-refractivity contribution in [1.82, 2.24) is 4.98 Å². The lowest BCUT2D eigenvalue weighted by atomic mass is 10.3. The summed E-state index contributed by atoms with van der Waals surface area (Å²) in [4.78, 5) is 14.6. The van der Waals surface area contributed by atoms with Gasteiger partial charge in [0.05, 0.1) is 6.61 Å². The predicted octanol–water partition coefficient (Wildman–Crippen LogP) is 0.742. The number of carbonyl (C=O) groups excluding carboxylic acids is 1. The average Bonchev–Trinajstić information content (AvgIpc) is 2.70. The fourth-order valence-corrected chi connectivity index (χ4v) is 1.35. The Hall–Kier alpha value is -2.08. The van der Waals surface area contributed by atoms with Gasteiger partial charge in [0.25, 0.3) is 6.01 Å². The number of aromatic nitrogens is 1. The molecule has 17 heavy (non-hydrogen) atoms. The molecular formula is C11H13N3O3. The molecule has 0 aliphatic rings. The summed E-state index contributed by atoms with van der Waals surface area (Å²) in [5.74, 6) is -0.480. The summed E-state index contributed by atoms with van der Waals surface area (Å²) in [5.41, 5.74) is 6.45. The number of fused-ring (bicyclic) bond motifs is 1. The minimum absolute atomic E-state index is 0.0742. The number of carbonyl (C=O) groups is 1. The molecule has 6 nitrogen and oxygen atoms in total. The smallest absolute Gasteiger partial charge is 0.295 e. The minimum Gasteiger partial charge on any atom is -0.424 e. The van der Waals surface area contributed by atoms with Gasteiger partial charge in [-0.2, -0.15) is 4.98 Å². The first-order valence-corrected chi connectivity index (χ1v) is 5.21. The Balaban J connectivity index is 1.81. The molecule has 0 spiro atoms.